The highest BCUT2D eigenvalue weighted by Gasteiger charge is 2.33. The minimum absolute atomic E-state index is 0.151. The van der Waals surface area contributed by atoms with Gasteiger partial charge in [-0.1, -0.05) is 18.2 Å². The normalized spacial score (nSPS) is 17.3. The largest absolute Gasteiger partial charge is 0.481 e. The van der Waals surface area contributed by atoms with Gasteiger partial charge in [-0.3, -0.25) is 9.36 Å². The molecule has 1 atom stereocenters. The number of carboxylic acid groups (broad SMARTS) is 1. The third-order valence-electron chi connectivity index (χ3n) is 3.65. The Labute approximate surface area is 119 Å². The van der Waals surface area contributed by atoms with Gasteiger partial charge in [0.1, 0.15) is 11.7 Å². The fourth-order valence-corrected chi connectivity index (χ4v) is 2.66. The summed E-state index contributed by atoms with van der Waals surface area (Å²) in [6.45, 7) is -2.25. The van der Waals surface area contributed by atoms with Gasteiger partial charge in [-0.15, -0.1) is 0 Å². The molecule has 1 aromatic heterocycles. The molecule has 110 valence electrons. The third-order valence-corrected chi connectivity index (χ3v) is 3.65. The molecule has 2 heterocycles. The third kappa shape index (κ3) is 2.35. The number of aliphatic carboxylic acids is 1. The van der Waals surface area contributed by atoms with Crippen LogP contribution in [0.5, 0.6) is 0 Å². The number of imidazole rings is 1. The molecule has 7 heteroatoms. The van der Waals surface area contributed by atoms with Gasteiger partial charge in [0, 0.05) is 24.6 Å². The second-order valence-electron chi connectivity index (χ2n) is 4.86. The van der Waals surface area contributed by atoms with Crippen LogP contribution in [0.15, 0.2) is 36.7 Å². The Morgan fingerprint density at radius 2 is 2.19 bits per heavy atom. The van der Waals surface area contributed by atoms with Crippen molar-refractivity contribution in [1.29, 1.82) is 0 Å². The van der Waals surface area contributed by atoms with Crippen molar-refractivity contribution < 1.29 is 18.7 Å². The van der Waals surface area contributed by atoms with Crippen LogP contribution in [0.4, 0.5) is 14.5 Å². The SMILES string of the molecule is O=C(O)C1CN(Cc2nccn2C(F)F)c2ccccc21. The van der Waals surface area contributed by atoms with E-state index in [9.17, 15) is 18.7 Å². The molecule has 0 saturated carbocycles. The monoisotopic (exact) mass is 293 g/mol. The van der Waals surface area contributed by atoms with Gasteiger partial charge in [0.05, 0.1) is 6.54 Å². The molecule has 0 bridgehead atoms. The molecule has 1 aromatic carbocycles. The summed E-state index contributed by atoms with van der Waals surface area (Å²) < 4.78 is 26.5. The summed E-state index contributed by atoms with van der Waals surface area (Å²) in [7, 11) is 0. The summed E-state index contributed by atoms with van der Waals surface area (Å²) in [5.41, 5.74) is 1.47. The average molecular weight is 293 g/mol. The maximum Gasteiger partial charge on any atom is 0.319 e. The fourth-order valence-electron chi connectivity index (χ4n) is 2.66. The number of carboxylic acids is 1. The van der Waals surface area contributed by atoms with E-state index in [0.717, 1.165) is 10.3 Å². The molecule has 0 spiro atoms. The van der Waals surface area contributed by atoms with Crippen LogP contribution >= 0.6 is 0 Å². The van der Waals surface area contributed by atoms with Gasteiger partial charge in [-0.25, -0.2) is 4.98 Å². The number of hydrogen-bond donors (Lipinski definition) is 1. The van der Waals surface area contributed by atoms with Gasteiger partial charge in [0.25, 0.3) is 0 Å². The molecule has 21 heavy (non-hydrogen) atoms. The van der Waals surface area contributed by atoms with Crippen molar-refractivity contribution >= 4 is 11.7 Å². The quantitative estimate of drug-likeness (QED) is 0.940. The number of rotatable bonds is 4. The number of para-hydroxylation sites is 1. The number of hydrogen-bond acceptors (Lipinski definition) is 3. The van der Waals surface area contributed by atoms with Gasteiger partial charge in [-0.2, -0.15) is 8.78 Å². The fraction of sp³-hybridized carbons (Fsp3) is 0.286. The van der Waals surface area contributed by atoms with E-state index in [0.29, 0.717) is 5.56 Å². The standard InChI is InChI=1S/C14H13F2N3O2/c15-14(16)19-6-5-17-12(19)8-18-7-10(13(20)21)9-3-1-2-4-11(9)18/h1-6,10,14H,7-8H2,(H,20,21). The van der Waals surface area contributed by atoms with Crippen molar-refractivity contribution in [1.82, 2.24) is 9.55 Å². The first-order valence-electron chi connectivity index (χ1n) is 6.44. The van der Waals surface area contributed by atoms with E-state index in [2.05, 4.69) is 4.98 Å². The Balaban J connectivity index is 1.90. The van der Waals surface area contributed by atoms with E-state index in [1.54, 1.807) is 29.2 Å². The van der Waals surface area contributed by atoms with Crippen molar-refractivity contribution in [3.8, 4) is 0 Å². The van der Waals surface area contributed by atoms with Crippen molar-refractivity contribution in [3.05, 3.63) is 48.0 Å². The zero-order valence-corrected chi connectivity index (χ0v) is 11.0. The summed E-state index contributed by atoms with van der Waals surface area (Å²) >= 11 is 0. The smallest absolute Gasteiger partial charge is 0.319 e. The highest BCUT2D eigenvalue weighted by molar-refractivity contribution is 5.82. The van der Waals surface area contributed by atoms with Crippen LogP contribution in [0, 0.1) is 0 Å². The molecular formula is C14H13F2N3O2. The Morgan fingerprint density at radius 3 is 2.90 bits per heavy atom. The number of benzene rings is 1. The number of alkyl halides is 2. The highest BCUT2D eigenvalue weighted by Crippen LogP contribution is 2.37. The van der Waals surface area contributed by atoms with E-state index >= 15 is 0 Å². The van der Waals surface area contributed by atoms with Gasteiger partial charge in [0.15, 0.2) is 0 Å². The first kappa shape index (κ1) is 13.5. The van der Waals surface area contributed by atoms with Gasteiger partial charge in [0.2, 0.25) is 0 Å². The summed E-state index contributed by atoms with van der Waals surface area (Å²) in [5.74, 6) is -1.34. The van der Waals surface area contributed by atoms with Crippen LogP contribution in [0.1, 0.15) is 23.9 Å². The molecule has 0 radical (unpaired) electrons. The predicted molar refractivity (Wildman–Crippen MR) is 71.3 cm³/mol. The van der Waals surface area contributed by atoms with Crippen molar-refractivity contribution in [3.63, 3.8) is 0 Å². The molecule has 1 unspecified atom stereocenters. The van der Waals surface area contributed by atoms with Crippen molar-refractivity contribution in [2.45, 2.75) is 19.0 Å². The number of fused-ring (bicyclic) bond motifs is 1. The first-order valence-corrected chi connectivity index (χ1v) is 6.44. The molecule has 2 aromatic rings. The molecule has 1 aliphatic rings. The van der Waals surface area contributed by atoms with E-state index in [4.69, 9.17) is 0 Å². The second-order valence-corrected chi connectivity index (χ2v) is 4.86. The van der Waals surface area contributed by atoms with Gasteiger partial charge >= 0.3 is 12.5 Å². The highest BCUT2D eigenvalue weighted by atomic mass is 19.3. The zero-order chi connectivity index (χ0) is 15.0. The van der Waals surface area contributed by atoms with Crippen LogP contribution in [-0.4, -0.2) is 27.2 Å². The lowest BCUT2D eigenvalue weighted by atomic mass is 10.0. The molecule has 1 aliphatic heterocycles. The van der Waals surface area contributed by atoms with Crippen molar-refractivity contribution in [2.75, 3.05) is 11.4 Å². The van der Waals surface area contributed by atoms with Crippen LogP contribution in [0.2, 0.25) is 0 Å². The van der Waals surface area contributed by atoms with E-state index in [-0.39, 0.29) is 18.9 Å². The summed E-state index contributed by atoms with van der Waals surface area (Å²) in [4.78, 5) is 17.0. The lowest BCUT2D eigenvalue weighted by Crippen LogP contribution is -2.25. The molecule has 3 rings (SSSR count). The number of carbonyl (C=O) groups is 1. The Morgan fingerprint density at radius 1 is 1.43 bits per heavy atom. The van der Waals surface area contributed by atoms with E-state index < -0.39 is 18.4 Å². The molecule has 1 N–H and O–H groups in total. The Bertz CT molecular complexity index is 672. The first-order chi connectivity index (χ1) is 10.1. The maximum atomic E-state index is 12.8. The Hall–Kier alpha value is -2.44. The molecule has 5 nitrogen and oxygen atoms in total. The number of aromatic nitrogens is 2. The number of nitrogens with zero attached hydrogens (tertiary/aromatic N) is 3. The second kappa shape index (κ2) is 5.16. The zero-order valence-electron chi connectivity index (χ0n) is 11.0. The predicted octanol–water partition coefficient (Wildman–Crippen LogP) is 2.47. The van der Waals surface area contributed by atoms with Crippen LogP contribution in [0.25, 0.3) is 0 Å². The molecule has 0 fully saturated rings. The molecule has 0 saturated heterocycles. The lowest BCUT2D eigenvalue weighted by molar-refractivity contribution is -0.138. The van der Waals surface area contributed by atoms with Crippen LogP contribution < -0.4 is 4.90 Å². The molecule has 0 aliphatic carbocycles. The molecule has 0 amide bonds. The minimum atomic E-state index is -2.66. The topological polar surface area (TPSA) is 58.4 Å². The van der Waals surface area contributed by atoms with Crippen LogP contribution in [-0.2, 0) is 11.3 Å². The van der Waals surface area contributed by atoms with Gasteiger partial charge in [-0.05, 0) is 11.6 Å². The molecular weight excluding hydrogens is 280 g/mol. The van der Waals surface area contributed by atoms with E-state index in [1.165, 1.54) is 12.4 Å². The maximum absolute atomic E-state index is 12.8. The average Bonchev–Trinajstić information content (AvgIpc) is 3.04. The van der Waals surface area contributed by atoms with E-state index in [1.807, 2.05) is 0 Å². The summed E-state index contributed by atoms with van der Waals surface area (Å²) in [5, 5.41) is 9.28. The Kier molecular flexibility index (Phi) is 3.32. The summed E-state index contributed by atoms with van der Waals surface area (Å²) in [6, 6.07) is 7.13. The number of halogens is 2. The van der Waals surface area contributed by atoms with Gasteiger partial charge < -0.3 is 10.0 Å². The number of anilines is 1. The lowest BCUT2D eigenvalue weighted by Gasteiger charge is -2.19. The van der Waals surface area contributed by atoms with Crippen LogP contribution in [0.3, 0.4) is 0 Å². The minimum Gasteiger partial charge on any atom is -0.481 e. The summed E-state index contributed by atoms with van der Waals surface area (Å²) in [6.07, 6.45) is 2.54. The van der Waals surface area contributed by atoms with Crippen molar-refractivity contribution in [2.24, 2.45) is 0 Å².